The van der Waals surface area contributed by atoms with Crippen LogP contribution in [0.5, 0.6) is 0 Å². The molecule has 0 N–H and O–H groups in total. The minimum atomic E-state index is -4.21. The Morgan fingerprint density at radius 1 is 0.535 bits per heavy atom. The van der Waals surface area contributed by atoms with Crippen LogP contribution < -0.4 is 15.9 Å². The summed E-state index contributed by atoms with van der Waals surface area (Å²) in [5, 5.41) is 2.74. The Morgan fingerprint density at radius 3 is 1.44 bits per heavy atom. The Hall–Kier alpha value is -2.78. The summed E-state index contributed by atoms with van der Waals surface area (Å²) in [5.41, 5.74) is 2.09. The van der Waals surface area contributed by atoms with Gasteiger partial charge in [-0.1, -0.05) is 0 Å². The van der Waals surface area contributed by atoms with E-state index < -0.39 is 16.9 Å². The summed E-state index contributed by atoms with van der Waals surface area (Å²) in [6.45, 7) is 2.50. The fourth-order valence-corrected chi connectivity index (χ4v) is 15.2. The molecule has 4 rings (SSSR count). The Kier molecular flexibility index (Phi) is 11.8. The molecule has 0 unspecified atom stereocenters. The zero-order valence-corrected chi connectivity index (χ0v) is 28.0. The first-order valence-corrected chi connectivity index (χ1v) is 19.9. The zero-order valence-electron chi connectivity index (χ0n) is 26.3. The molecule has 0 spiro atoms. The predicted molar refractivity (Wildman–Crippen MR) is 186 cm³/mol. The van der Waals surface area contributed by atoms with Crippen molar-refractivity contribution in [2.45, 2.75) is 89.9 Å². The van der Waals surface area contributed by atoms with Crippen LogP contribution in [0.3, 0.4) is 0 Å². The molecule has 0 aliphatic heterocycles. The molecule has 0 fully saturated rings. The molecule has 4 aromatic carbocycles. The molecule has 3 nitrogen and oxygen atoms in total. The van der Waals surface area contributed by atoms with E-state index in [2.05, 4.69) is 26.8 Å². The molecule has 43 heavy (non-hydrogen) atoms. The van der Waals surface area contributed by atoms with Crippen molar-refractivity contribution >= 4 is 32.9 Å². The van der Waals surface area contributed by atoms with Gasteiger partial charge in [-0.15, -0.1) is 0 Å². The van der Waals surface area contributed by atoms with Crippen LogP contribution >= 0.6 is 6.83 Å². The van der Waals surface area contributed by atoms with E-state index in [1.54, 1.807) is 6.07 Å². The number of hydrogen-bond acceptors (Lipinski definition) is 3. The second-order valence-corrected chi connectivity index (χ2v) is 18.1. The number of aryl methyl sites for hydroxylation is 1. The van der Waals surface area contributed by atoms with E-state index >= 15 is 0 Å². The van der Waals surface area contributed by atoms with Crippen LogP contribution in [0.4, 0.5) is 0 Å². The standard InChI is InChI=1S/C38H49O3PS/c1-4-7-9-14-23-33-24-22-32-38(37(33)31-21-10-8-5-2)43(39,40)41-42(6-3,34-25-15-11-16-26-34,35-27-17-12-18-28-35)36-29-19-13-20-30-36/h11-13,15-20,22,24-30,32H,4-10,14,21,23,31H2,1-3H3. The van der Waals surface area contributed by atoms with Crippen molar-refractivity contribution in [1.29, 1.82) is 0 Å². The molecule has 0 amide bonds. The van der Waals surface area contributed by atoms with E-state index in [0.29, 0.717) is 11.1 Å². The second-order valence-electron chi connectivity index (χ2n) is 11.6. The van der Waals surface area contributed by atoms with E-state index in [0.717, 1.165) is 78.4 Å². The molecule has 0 saturated heterocycles. The molecule has 0 radical (unpaired) electrons. The van der Waals surface area contributed by atoms with E-state index in [1.807, 2.05) is 97.1 Å². The first-order valence-electron chi connectivity index (χ1n) is 16.2. The van der Waals surface area contributed by atoms with Crippen LogP contribution in [0.25, 0.3) is 0 Å². The average molecular weight is 617 g/mol. The van der Waals surface area contributed by atoms with Gasteiger partial charge in [-0.05, 0) is 0 Å². The summed E-state index contributed by atoms with van der Waals surface area (Å²) in [5.74, 6) is 0. The van der Waals surface area contributed by atoms with E-state index in [4.69, 9.17) is 3.97 Å². The van der Waals surface area contributed by atoms with Gasteiger partial charge in [0.2, 0.25) is 0 Å². The zero-order chi connectivity index (χ0) is 30.6. The number of benzene rings is 4. The van der Waals surface area contributed by atoms with Crippen molar-refractivity contribution in [3.8, 4) is 0 Å². The predicted octanol–water partition coefficient (Wildman–Crippen LogP) is 9.10. The summed E-state index contributed by atoms with van der Waals surface area (Å²) < 4.78 is 37.0. The number of rotatable bonds is 17. The summed E-state index contributed by atoms with van der Waals surface area (Å²) in [4.78, 5) is 0.335. The maximum atomic E-state index is 15.0. The third kappa shape index (κ3) is 6.98. The fraction of sp³-hybridized carbons (Fsp3) is 0.368. The molecule has 0 aliphatic rings. The van der Waals surface area contributed by atoms with Crippen molar-refractivity contribution in [1.82, 2.24) is 0 Å². The van der Waals surface area contributed by atoms with Crippen LogP contribution in [-0.4, -0.2) is 14.6 Å². The van der Waals surface area contributed by atoms with Crippen LogP contribution in [0.15, 0.2) is 114 Å². The van der Waals surface area contributed by atoms with Crippen LogP contribution in [-0.2, 0) is 26.9 Å². The van der Waals surface area contributed by atoms with Crippen molar-refractivity contribution in [2.75, 3.05) is 6.16 Å². The van der Waals surface area contributed by atoms with Crippen molar-refractivity contribution in [3.63, 3.8) is 0 Å². The maximum absolute atomic E-state index is 15.0. The van der Waals surface area contributed by atoms with Gasteiger partial charge < -0.3 is 0 Å². The molecular formula is C38H49O3PS. The van der Waals surface area contributed by atoms with Crippen molar-refractivity contribution < 1.29 is 12.4 Å². The molecule has 0 aliphatic carbocycles. The van der Waals surface area contributed by atoms with E-state index in [1.165, 1.54) is 12.8 Å². The van der Waals surface area contributed by atoms with Gasteiger partial charge in [-0.25, -0.2) is 0 Å². The fourth-order valence-electron chi connectivity index (χ4n) is 6.50. The Balaban J connectivity index is 1.95. The molecule has 5 heteroatoms. The van der Waals surface area contributed by atoms with Crippen LogP contribution in [0.2, 0.25) is 0 Å². The monoisotopic (exact) mass is 616 g/mol. The summed E-state index contributed by atoms with van der Waals surface area (Å²) in [7, 11) is -4.21. The van der Waals surface area contributed by atoms with Crippen LogP contribution in [0.1, 0.15) is 83.3 Å². The number of hydrogen-bond donors (Lipinski definition) is 0. The van der Waals surface area contributed by atoms with E-state index in [9.17, 15) is 8.42 Å². The first-order chi connectivity index (χ1) is 20.9. The van der Waals surface area contributed by atoms with Crippen molar-refractivity contribution in [3.05, 3.63) is 120 Å². The van der Waals surface area contributed by atoms with Crippen LogP contribution in [0, 0.1) is 0 Å². The minimum absolute atomic E-state index is 0.335. The third-order valence-corrected chi connectivity index (χ3v) is 17.3. The Morgan fingerprint density at radius 2 is 1.00 bits per heavy atom. The van der Waals surface area contributed by atoms with Gasteiger partial charge in [-0.3, -0.25) is 0 Å². The molecule has 0 aromatic heterocycles. The van der Waals surface area contributed by atoms with Gasteiger partial charge >= 0.3 is 262 Å². The molecule has 0 atom stereocenters. The Bertz CT molecular complexity index is 1420. The molecule has 4 aromatic rings. The molecular weight excluding hydrogens is 567 g/mol. The van der Waals surface area contributed by atoms with Gasteiger partial charge in [0.05, 0.1) is 0 Å². The first kappa shape index (κ1) is 33.1. The summed E-state index contributed by atoms with van der Waals surface area (Å²) in [6, 6.07) is 36.0. The van der Waals surface area contributed by atoms with Gasteiger partial charge in [0, 0.05) is 0 Å². The quantitative estimate of drug-likeness (QED) is 0.0878. The Labute approximate surface area is 260 Å². The number of unbranched alkanes of at least 4 members (excludes halogenated alkanes) is 6. The third-order valence-electron chi connectivity index (χ3n) is 8.85. The molecule has 0 saturated carbocycles. The molecule has 0 heterocycles. The summed E-state index contributed by atoms with van der Waals surface area (Å²) in [6.07, 6.45) is 11.1. The van der Waals surface area contributed by atoms with Crippen molar-refractivity contribution in [2.24, 2.45) is 0 Å². The molecule has 0 bridgehead atoms. The van der Waals surface area contributed by atoms with E-state index in [-0.39, 0.29) is 0 Å². The van der Waals surface area contributed by atoms with Gasteiger partial charge in [-0.2, -0.15) is 0 Å². The second kappa shape index (κ2) is 15.3. The summed E-state index contributed by atoms with van der Waals surface area (Å²) >= 11 is 0. The SMILES string of the molecule is CCCCCCc1cccc(S(=O)(=O)OP(CC)(c2ccccc2)(c2ccccc2)c2ccccc2)c1CCCCCC. The molecule has 230 valence electrons. The topological polar surface area (TPSA) is 43.4 Å². The van der Waals surface area contributed by atoms with Gasteiger partial charge in [0.1, 0.15) is 0 Å². The van der Waals surface area contributed by atoms with Gasteiger partial charge in [0.15, 0.2) is 0 Å². The average Bonchev–Trinajstić information content (AvgIpc) is 3.05. The van der Waals surface area contributed by atoms with Gasteiger partial charge in [0.25, 0.3) is 0 Å². The normalized spacial score (nSPS) is 13.0.